The molecule has 0 N–H and O–H groups in total. The summed E-state index contributed by atoms with van der Waals surface area (Å²) in [5.41, 5.74) is 2.10. The first-order chi connectivity index (χ1) is 11.9. The lowest BCUT2D eigenvalue weighted by Gasteiger charge is -2.08. The summed E-state index contributed by atoms with van der Waals surface area (Å²) in [6, 6.07) is 14.2. The Kier molecular flexibility index (Phi) is 6.74. The minimum Gasteiger partial charge on any atom is -0.332 e. The monoisotopic (exact) mass is 412 g/mol. The van der Waals surface area contributed by atoms with E-state index < -0.39 is 9.84 Å². The number of nitrogens with zero attached hydrogens (tertiary/aromatic N) is 2. The van der Waals surface area contributed by atoms with Crippen LogP contribution in [0.2, 0.25) is 5.02 Å². The zero-order valence-electron chi connectivity index (χ0n) is 14.7. The molecule has 140 valence electrons. The molecule has 0 aliphatic rings. The number of likely N-dealkylation sites (N-methyl/N-ethyl adjacent to an activating group) is 1. The minimum atomic E-state index is -3.45. The summed E-state index contributed by atoms with van der Waals surface area (Å²) in [6.45, 7) is 0.915. The number of rotatable bonds is 6. The number of fused-ring (bicyclic) bond motifs is 1. The molecule has 0 bridgehead atoms. The third kappa shape index (κ3) is 4.60. The molecule has 7 heteroatoms. The summed E-state index contributed by atoms with van der Waals surface area (Å²) in [5.74, 6) is -0.0862. The van der Waals surface area contributed by atoms with E-state index in [0.29, 0.717) is 5.02 Å². The summed E-state index contributed by atoms with van der Waals surface area (Å²) in [4.78, 5) is 2.40. The van der Waals surface area contributed by atoms with Gasteiger partial charge in [0.15, 0.2) is 9.84 Å². The van der Waals surface area contributed by atoms with E-state index >= 15 is 0 Å². The van der Waals surface area contributed by atoms with Crippen LogP contribution in [0.3, 0.4) is 0 Å². The van der Waals surface area contributed by atoms with Gasteiger partial charge in [0, 0.05) is 28.7 Å². The van der Waals surface area contributed by atoms with Crippen LogP contribution in [-0.2, 0) is 22.1 Å². The van der Waals surface area contributed by atoms with Crippen molar-refractivity contribution in [3.63, 3.8) is 0 Å². The number of hydrogen-bond donors (Lipinski definition) is 0. The second-order valence-corrected chi connectivity index (χ2v) is 8.79. The van der Waals surface area contributed by atoms with Crippen LogP contribution in [0, 0.1) is 0 Å². The molecule has 1 aromatic heterocycles. The fraction of sp³-hybridized carbons (Fsp3) is 0.263. The standard InChI is InChI=1S/C19H21ClN2O2S.ClH/c1-21(2)12-11-15-13-22(19-6-4-3-5-18(15)19)14-25(23,24)17-9-7-16(20)8-10-17;/h3-10,13H,11-12,14H2,1-2H3;1H. The molecule has 0 aliphatic carbocycles. The third-order valence-corrected chi connectivity index (χ3v) is 6.04. The van der Waals surface area contributed by atoms with E-state index in [1.807, 2.05) is 49.1 Å². The van der Waals surface area contributed by atoms with Crippen LogP contribution in [0.4, 0.5) is 0 Å². The summed E-state index contributed by atoms with van der Waals surface area (Å²) in [7, 11) is 0.618. The van der Waals surface area contributed by atoms with Crippen molar-refractivity contribution in [1.82, 2.24) is 9.47 Å². The van der Waals surface area contributed by atoms with Gasteiger partial charge >= 0.3 is 0 Å². The Morgan fingerprint density at radius 2 is 1.69 bits per heavy atom. The second kappa shape index (κ2) is 8.44. The fourth-order valence-electron chi connectivity index (χ4n) is 2.87. The molecule has 0 aliphatic heterocycles. The molecule has 1 heterocycles. The zero-order chi connectivity index (χ0) is 18.0. The van der Waals surface area contributed by atoms with E-state index in [-0.39, 0.29) is 23.2 Å². The molecule has 2 aromatic carbocycles. The van der Waals surface area contributed by atoms with Crippen molar-refractivity contribution in [2.24, 2.45) is 0 Å². The predicted molar refractivity (Wildman–Crippen MR) is 110 cm³/mol. The summed E-state index contributed by atoms with van der Waals surface area (Å²) >= 11 is 5.86. The van der Waals surface area contributed by atoms with Gasteiger partial charge in [0.25, 0.3) is 0 Å². The highest BCUT2D eigenvalue weighted by molar-refractivity contribution is 7.90. The Balaban J connectivity index is 0.00000243. The number of para-hydroxylation sites is 1. The molecule has 3 aromatic rings. The molecule has 0 saturated carbocycles. The van der Waals surface area contributed by atoms with Crippen LogP contribution >= 0.6 is 24.0 Å². The van der Waals surface area contributed by atoms with Crippen LogP contribution in [-0.4, -0.2) is 38.5 Å². The molecule has 0 spiro atoms. The van der Waals surface area contributed by atoms with Crippen molar-refractivity contribution in [1.29, 1.82) is 0 Å². The van der Waals surface area contributed by atoms with E-state index in [2.05, 4.69) is 4.90 Å². The molecule has 26 heavy (non-hydrogen) atoms. The molecular formula is C19H22Cl2N2O2S. The van der Waals surface area contributed by atoms with Crippen molar-refractivity contribution in [3.05, 3.63) is 65.3 Å². The predicted octanol–water partition coefficient (Wildman–Crippen LogP) is 4.25. The van der Waals surface area contributed by atoms with Crippen LogP contribution in [0.25, 0.3) is 10.9 Å². The van der Waals surface area contributed by atoms with Crippen LogP contribution in [0.5, 0.6) is 0 Å². The Labute approximate surface area is 165 Å². The lowest BCUT2D eigenvalue weighted by Crippen LogP contribution is -2.15. The average Bonchev–Trinajstić information content (AvgIpc) is 2.91. The Morgan fingerprint density at radius 3 is 2.35 bits per heavy atom. The maximum Gasteiger partial charge on any atom is 0.196 e. The first-order valence-corrected chi connectivity index (χ1v) is 10.1. The maximum absolute atomic E-state index is 12.8. The van der Waals surface area contributed by atoms with Gasteiger partial charge in [0.2, 0.25) is 0 Å². The van der Waals surface area contributed by atoms with Crippen molar-refractivity contribution < 1.29 is 8.42 Å². The largest absolute Gasteiger partial charge is 0.332 e. The van der Waals surface area contributed by atoms with Gasteiger partial charge in [0.1, 0.15) is 5.88 Å². The van der Waals surface area contributed by atoms with Gasteiger partial charge in [-0.3, -0.25) is 0 Å². The smallest absolute Gasteiger partial charge is 0.196 e. The lowest BCUT2D eigenvalue weighted by atomic mass is 10.1. The van der Waals surface area contributed by atoms with E-state index in [4.69, 9.17) is 11.6 Å². The molecule has 3 rings (SSSR count). The van der Waals surface area contributed by atoms with Gasteiger partial charge in [-0.2, -0.15) is 0 Å². The number of hydrogen-bond acceptors (Lipinski definition) is 3. The topological polar surface area (TPSA) is 42.3 Å². The van der Waals surface area contributed by atoms with Gasteiger partial charge in [-0.05, 0) is 56.4 Å². The van der Waals surface area contributed by atoms with Crippen molar-refractivity contribution >= 4 is 44.7 Å². The molecule has 0 fully saturated rings. The number of benzene rings is 2. The van der Waals surface area contributed by atoms with Gasteiger partial charge in [-0.15, -0.1) is 12.4 Å². The summed E-state index contributed by atoms with van der Waals surface area (Å²) in [5, 5.41) is 1.63. The highest BCUT2D eigenvalue weighted by Gasteiger charge is 2.18. The molecule has 0 atom stereocenters. The van der Waals surface area contributed by atoms with Crippen molar-refractivity contribution in [3.8, 4) is 0 Å². The van der Waals surface area contributed by atoms with Crippen molar-refractivity contribution in [2.75, 3.05) is 20.6 Å². The van der Waals surface area contributed by atoms with Crippen LogP contribution in [0.1, 0.15) is 5.56 Å². The Hall–Kier alpha value is -1.53. The normalized spacial score (nSPS) is 11.7. The van der Waals surface area contributed by atoms with Gasteiger partial charge in [-0.1, -0.05) is 29.8 Å². The van der Waals surface area contributed by atoms with E-state index in [1.54, 1.807) is 24.3 Å². The summed E-state index contributed by atoms with van der Waals surface area (Å²) in [6.07, 6.45) is 2.84. The third-order valence-electron chi connectivity index (χ3n) is 4.18. The van der Waals surface area contributed by atoms with Gasteiger partial charge in [0.05, 0.1) is 4.90 Å². The van der Waals surface area contributed by atoms with Gasteiger partial charge in [-0.25, -0.2) is 8.42 Å². The molecule has 0 radical (unpaired) electrons. The summed E-state index contributed by atoms with van der Waals surface area (Å²) < 4.78 is 27.3. The Morgan fingerprint density at radius 1 is 1.04 bits per heavy atom. The van der Waals surface area contributed by atoms with E-state index in [1.165, 1.54) is 0 Å². The van der Waals surface area contributed by atoms with E-state index in [0.717, 1.165) is 29.4 Å². The number of sulfone groups is 1. The van der Waals surface area contributed by atoms with Crippen LogP contribution in [0.15, 0.2) is 59.6 Å². The SMILES string of the molecule is CN(C)CCc1cn(CS(=O)(=O)c2ccc(Cl)cc2)c2ccccc12.Cl. The zero-order valence-corrected chi connectivity index (χ0v) is 17.1. The van der Waals surface area contributed by atoms with E-state index in [9.17, 15) is 8.42 Å². The maximum atomic E-state index is 12.8. The van der Waals surface area contributed by atoms with Crippen molar-refractivity contribution in [2.45, 2.75) is 17.2 Å². The lowest BCUT2D eigenvalue weighted by molar-refractivity contribution is 0.414. The molecule has 0 amide bonds. The Bertz CT molecular complexity index is 980. The average molecular weight is 413 g/mol. The first-order valence-electron chi connectivity index (χ1n) is 8.06. The van der Waals surface area contributed by atoms with Gasteiger partial charge < -0.3 is 9.47 Å². The quantitative estimate of drug-likeness (QED) is 0.607. The molecule has 0 unspecified atom stereocenters. The number of halogens is 2. The second-order valence-electron chi connectivity index (χ2n) is 6.39. The highest BCUT2D eigenvalue weighted by atomic mass is 35.5. The fourth-order valence-corrected chi connectivity index (χ4v) is 4.28. The molecule has 0 saturated heterocycles. The molecular weight excluding hydrogens is 391 g/mol. The molecule has 4 nitrogen and oxygen atoms in total. The minimum absolute atomic E-state index is 0. The highest BCUT2D eigenvalue weighted by Crippen LogP contribution is 2.24. The van der Waals surface area contributed by atoms with Crippen LogP contribution < -0.4 is 0 Å². The first kappa shape index (κ1) is 20.8. The number of aromatic nitrogens is 1.